The maximum absolute atomic E-state index is 11.6. The maximum atomic E-state index is 11.6. The first-order valence-electron chi connectivity index (χ1n) is 7.66. The molecule has 2 saturated heterocycles. The maximum Gasteiger partial charge on any atom is 0.211 e. The van der Waals surface area contributed by atoms with E-state index in [1.54, 1.807) is 4.31 Å². The standard InChI is InChI=1S/C14H27NO3S2/c1-20(17,18)15-6-2-3-13(11-15)10-14(16)9-12-4-7-19-8-5-12/h12-14,16H,2-11H2,1H3. The van der Waals surface area contributed by atoms with Crippen LogP contribution in [0.4, 0.5) is 0 Å². The molecule has 0 aromatic rings. The van der Waals surface area contributed by atoms with Crippen LogP contribution in [0.2, 0.25) is 0 Å². The van der Waals surface area contributed by atoms with Crippen molar-refractivity contribution in [2.24, 2.45) is 11.8 Å². The van der Waals surface area contributed by atoms with Gasteiger partial charge >= 0.3 is 0 Å². The largest absolute Gasteiger partial charge is 0.393 e. The second-order valence-electron chi connectivity index (χ2n) is 6.31. The van der Waals surface area contributed by atoms with Gasteiger partial charge in [0.25, 0.3) is 0 Å². The first-order valence-corrected chi connectivity index (χ1v) is 10.7. The van der Waals surface area contributed by atoms with Crippen LogP contribution in [0.1, 0.15) is 38.5 Å². The van der Waals surface area contributed by atoms with Crippen LogP contribution in [0.15, 0.2) is 0 Å². The van der Waals surface area contributed by atoms with Crippen molar-refractivity contribution in [3.8, 4) is 0 Å². The van der Waals surface area contributed by atoms with E-state index in [4.69, 9.17) is 0 Å². The summed E-state index contributed by atoms with van der Waals surface area (Å²) in [6, 6.07) is 0. The third-order valence-corrected chi connectivity index (χ3v) is 6.82. The number of piperidine rings is 1. The summed E-state index contributed by atoms with van der Waals surface area (Å²) in [5.74, 6) is 3.44. The topological polar surface area (TPSA) is 57.6 Å². The Morgan fingerprint density at radius 2 is 1.85 bits per heavy atom. The fourth-order valence-corrected chi connectivity index (χ4v) is 5.51. The van der Waals surface area contributed by atoms with E-state index in [0.29, 0.717) is 24.9 Å². The normalized spacial score (nSPS) is 28.4. The summed E-state index contributed by atoms with van der Waals surface area (Å²) in [6.07, 6.45) is 7.10. The SMILES string of the molecule is CS(=O)(=O)N1CCCC(CC(O)CC2CCSCC2)C1. The molecule has 6 heteroatoms. The van der Waals surface area contributed by atoms with Crippen molar-refractivity contribution in [3.63, 3.8) is 0 Å². The molecule has 2 heterocycles. The lowest BCUT2D eigenvalue weighted by molar-refractivity contribution is 0.0968. The van der Waals surface area contributed by atoms with E-state index >= 15 is 0 Å². The summed E-state index contributed by atoms with van der Waals surface area (Å²) in [6.45, 7) is 1.24. The van der Waals surface area contributed by atoms with Gasteiger partial charge in [0.2, 0.25) is 10.0 Å². The van der Waals surface area contributed by atoms with E-state index in [2.05, 4.69) is 0 Å². The Hall–Kier alpha value is 0.220. The van der Waals surface area contributed by atoms with Gasteiger partial charge in [-0.25, -0.2) is 12.7 Å². The number of rotatable bonds is 5. The lowest BCUT2D eigenvalue weighted by Gasteiger charge is -2.33. The molecule has 2 aliphatic heterocycles. The van der Waals surface area contributed by atoms with Crippen molar-refractivity contribution in [2.75, 3.05) is 30.9 Å². The average molecular weight is 322 g/mol. The number of thioether (sulfide) groups is 1. The summed E-state index contributed by atoms with van der Waals surface area (Å²) < 4.78 is 24.8. The van der Waals surface area contributed by atoms with Crippen molar-refractivity contribution < 1.29 is 13.5 Å². The third-order valence-electron chi connectivity index (χ3n) is 4.50. The monoisotopic (exact) mass is 321 g/mol. The molecule has 0 aliphatic carbocycles. The molecule has 0 aromatic carbocycles. The van der Waals surface area contributed by atoms with E-state index in [1.807, 2.05) is 11.8 Å². The second-order valence-corrected chi connectivity index (χ2v) is 9.52. The zero-order valence-electron chi connectivity index (χ0n) is 12.3. The Morgan fingerprint density at radius 1 is 1.20 bits per heavy atom. The van der Waals surface area contributed by atoms with Crippen LogP contribution in [0.3, 0.4) is 0 Å². The number of nitrogens with zero attached hydrogens (tertiary/aromatic N) is 1. The molecule has 0 amide bonds. The molecular formula is C14H27NO3S2. The van der Waals surface area contributed by atoms with Crippen molar-refractivity contribution in [1.29, 1.82) is 0 Å². The number of hydrogen-bond acceptors (Lipinski definition) is 4. The quantitative estimate of drug-likeness (QED) is 0.841. The predicted octanol–water partition coefficient (Wildman–Crippen LogP) is 1.94. The third kappa shape index (κ3) is 5.20. The van der Waals surface area contributed by atoms with Gasteiger partial charge in [0, 0.05) is 13.1 Å². The van der Waals surface area contributed by atoms with Crippen LogP contribution in [-0.4, -0.2) is 54.8 Å². The first kappa shape index (κ1) is 16.6. The molecule has 0 spiro atoms. The summed E-state index contributed by atoms with van der Waals surface area (Å²) in [5.41, 5.74) is 0. The van der Waals surface area contributed by atoms with Gasteiger partial charge in [-0.1, -0.05) is 0 Å². The van der Waals surface area contributed by atoms with Gasteiger partial charge in [0.1, 0.15) is 0 Å². The van der Waals surface area contributed by atoms with Crippen molar-refractivity contribution in [3.05, 3.63) is 0 Å². The van der Waals surface area contributed by atoms with Gasteiger partial charge < -0.3 is 5.11 Å². The molecule has 2 aliphatic rings. The number of hydrogen-bond donors (Lipinski definition) is 1. The Morgan fingerprint density at radius 3 is 2.50 bits per heavy atom. The second kappa shape index (κ2) is 7.47. The van der Waals surface area contributed by atoms with Crippen molar-refractivity contribution >= 4 is 21.8 Å². The zero-order valence-corrected chi connectivity index (χ0v) is 14.0. The molecule has 118 valence electrons. The van der Waals surface area contributed by atoms with E-state index < -0.39 is 10.0 Å². The molecule has 0 saturated carbocycles. The Labute approximate surface area is 127 Å². The summed E-state index contributed by atoms with van der Waals surface area (Å²) >= 11 is 2.01. The predicted molar refractivity (Wildman–Crippen MR) is 84.4 cm³/mol. The fourth-order valence-electron chi connectivity index (χ4n) is 3.37. The minimum Gasteiger partial charge on any atom is -0.393 e. The van der Waals surface area contributed by atoms with Crippen LogP contribution in [-0.2, 0) is 10.0 Å². The molecule has 20 heavy (non-hydrogen) atoms. The van der Waals surface area contributed by atoms with Gasteiger partial charge in [-0.15, -0.1) is 0 Å². The van der Waals surface area contributed by atoms with E-state index in [1.165, 1.54) is 30.6 Å². The minimum absolute atomic E-state index is 0.257. The number of aliphatic hydroxyl groups excluding tert-OH is 1. The molecule has 2 fully saturated rings. The molecular weight excluding hydrogens is 294 g/mol. The van der Waals surface area contributed by atoms with Gasteiger partial charge in [0.15, 0.2) is 0 Å². The minimum atomic E-state index is -3.07. The number of sulfonamides is 1. The van der Waals surface area contributed by atoms with E-state index in [-0.39, 0.29) is 6.10 Å². The molecule has 0 radical (unpaired) electrons. The molecule has 1 N–H and O–H groups in total. The lowest BCUT2D eigenvalue weighted by atomic mass is 9.88. The molecule has 4 nitrogen and oxygen atoms in total. The zero-order chi connectivity index (χ0) is 14.6. The Balaban J connectivity index is 1.77. The Kier molecular flexibility index (Phi) is 6.20. The summed E-state index contributed by atoms with van der Waals surface area (Å²) in [4.78, 5) is 0. The fraction of sp³-hybridized carbons (Fsp3) is 1.00. The first-order chi connectivity index (χ1) is 9.45. The lowest BCUT2D eigenvalue weighted by Crippen LogP contribution is -2.40. The summed E-state index contributed by atoms with van der Waals surface area (Å²) in [7, 11) is -3.07. The number of aliphatic hydroxyl groups is 1. The van der Waals surface area contributed by atoms with Crippen LogP contribution < -0.4 is 0 Å². The van der Waals surface area contributed by atoms with E-state index in [9.17, 15) is 13.5 Å². The smallest absolute Gasteiger partial charge is 0.211 e. The highest BCUT2D eigenvalue weighted by Crippen LogP contribution is 2.29. The molecule has 2 atom stereocenters. The average Bonchev–Trinajstić information content (AvgIpc) is 2.39. The van der Waals surface area contributed by atoms with E-state index in [0.717, 1.165) is 25.7 Å². The van der Waals surface area contributed by atoms with Gasteiger partial charge in [-0.05, 0) is 61.9 Å². The van der Waals surface area contributed by atoms with Crippen LogP contribution >= 0.6 is 11.8 Å². The van der Waals surface area contributed by atoms with Gasteiger partial charge in [0.05, 0.1) is 12.4 Å². The van der Waals surface area contributed by atoms with Crippen LogP contribution in [0, 0.1) is 11.8 Å². The molecule has 0 bridgehead atoms. The molecule has 2 rings (SSSR count). The molecule has 0 aromatic heterocycles. The van der Waals surface area contributed by atoms with Crippen LogP contribution in [0.5, 0.6) is 0 Å². The molecule has 2 unspecified atom stereocenters. The highest BCUT2D eigenvalue weighted by molar-refractivity contribution is 7.99. The van der Waals surface area contributed by atoms with Crippen LogP contribution in [0.25, 0.3) is 0 Å². The van der Waals surface area contributed by atoms with Crippen molar-refractivity contribution in [1.82, 2.24) is 4.31 Å². The van der Waals surface area contributed by atoms with Crippen molar-refractivity contribution in [2.45, 2.75) is 44.6 Å². The summed E-state index contributed by atoms with van der Waals surface area (Å²) in [5, 5.41) is 10.3. The Bertz CT molecular complexity index is 393. The van der Waals surface area contributed by atoms with Gasteiger partial charge in [-0.3, -0.25) is 0 Å². The highest BCUT2D eigenvalue weighted by Gasteiger charge is 2.28. The highest BCUT2D eigenvalue weighted by atomic mass is 32.2. The van der Waals surface area contributed by atoms with Gasteiger partial charge in [-0.2, -0.15) is 11.8 Å².